The summed E-state index contributed by atoms with van der Waals surface area (Å²) in [6, 6.07) is -0.0210. The quantitative estimate of drug-likeness (QED) is 0.384. The minimum absolute atomic E-state index is 0.0863. The molecule has 0 aliphatic heterocycles. The van der Waals surface area contributed by atoms with Crippen molar-refractivity contribution < 1.29 is 38.1 Å². The van der Waals surface area contributed by atoms with Gasteiger partial charge in [-0.25, -0.2) is 9.59 Å². The van der Waals surface area contributed by atoms with Gasteiger partial charge in [-0.05, 0) is 23.3 Å². The molecular formula is C18H22Cl2N2O8. The zero-order valence-electron chi connectivity index (χ0n) is 16.7. The molecule has 0 saturated heterocycles. The normalized spacial score (nSPS) is 12.2. The molecular weight excluding hydrogens is 443 g/mol. The van der Waals surface area contributed by atoms with E-state index in [0.29, 0.717) is 0 Å². The van der Waals surface area contributed by atoms with Gasteiger partial charge in [0.1, 0.15) is 11.8 Å². The lowest BCUT2D eigenvalue weighted by atomic mass is 9.93. The smallest absolute Gasteiger partial charge is 0.333 e. The van der Waals surface area contributed by atoms with E-state index in [1.165, 1.54) is 26.4 Å². The fourth-order valence-corrected chi connectivity index (χ4v) is 2.73. The summed E-state index contributed by atoms with van der Waals surface area (Å²) in [6.45, 7) is 0. The second-order valence-electron chi connectivity index (χ2n) is 5.65. The van der Waals surface area contributed by atoms with E-state index >= 15 is 0 Å². The molecule has 2 amide bonds. The molecule has 2 unspecified atom stereocenters. The number of esters is 2. The van der Waals surface area contributed by atoms with Crippen LogP contribution in [-0.2, 0) is 28.7 Å². The first-order valence-corrected chi connectivity index (χ1v) is 9.46. The van der Waals surface area contributed by atoms with Crippen LogP contribution in [0.25, 0.3) is 0 Å². The third kappa shape index (κ3) is 6.14. The molecule has 2 atom stereocenters. The van der Waals surface area contributed by atoms with E-state index in [1.807, 2.05) is 0 Å². The Labute approximate surface area is 183 Å². The maximum Gasteiger partial charge on any atom is 0.333 e. The van der Waals surface area contributed by atoms with Gasteiger partial charge in [-0.2, -0.15) is 0 Å². The number of hydrogen-bond acceptors (Lipinski definition) is 8. The van der Waals surface area contributed by atoms with Gasteiger partial charge in [0.05, 0.1) is 28.4 Å². The Morgan fingerprint density at radius 2 is 1.10 bits per heavy atom. The highest BCUT2D eigenvalue weighted by atomic mass is 35.5. The van der Waals surface area contributed by atoms with Gasteiger partial charge in [0.15, 0.2) is 23.6 Å². The number of methoxy groups -OCH3 is 4. The van der Waals surface area contributed by atoms with Crippen LogP contribution >= 0.6 is 23.2 Å². The van der Waals surface area contributed by atoms with Crippen molar-refractivity contribution in [2.45, 2.75) is 12.1 Å². The molecule has 0 fully saturated rings. The molecule has 0 saturated carbocycles. The second kappa shape index (κ2) is 12.1. The predicted octanol–water partition coefficient (Wildman–Crippen LogP) is 0.842. The molecule has 10 nitrogen and oxygen atoms in total. The van der Waals surface area contributed by atoms with Crippen molar-refractivity contribution in [3.63, 3.8) is 0 Å². The van der Waals surface area contributed by atoms with Crippen molar-refractivity contribution in [3.8, 4) is 11.5 Å². The molecule has 0 aliphatic rings. The van der Waals surface area contributed by atoms with Gasteiger partial charge in [0, 0.05) is 0 Å². The third-order valence-corrected chi connectivity index (χ3v) is 4.42. The number of hydrogen-bond donors (Lipinski definition) is 2. The fourth-order valence-electron chi connectivity index (χ4n) is 2.57. The van der Waals surface area contributed by atoms with Crippen molar-refractivity contribution in [1.82, 2.24) is 10.6 Å². The molecule has 30 heavy (non-hydrogen) atoms. The van der Waals surface area contributed by atoms with E-state index in [0.717, 1.165) is 14.2 Å². The van der Waals surface area contributed by atoms with E-state index in [9.17, 15) is 19.2 Å². The highest BCUT2D eigenvalue weighted by Crippen LogP contribution is 2.37. The minimum Gasteiger partial charge on any atom is -0.493 e. The summed E-state index contributed by atoms with van der Waals surface area (Å²) in [7, 11) is 4.96. The van der Waals surface area contributed by atoms with Crippen LogP contribution in [0.3, 0.4) is 0 Å². The monoisotopic (exact) mass is 464 g/mol. The molecule has 1 aromatic carbocycles. The van der Waals surface area contributed by atoms with Crippen molar-refractivity contribution >= 4 is 47.0 Å². The summed E-state index contributed by atoms with van der Waals surface area (Å²) >= 11 is 11.1. The third-order valence-electron chi connectivity index (χ3n) is 3.94. The molecule has 0 bridgehead atoms. The number of rotatable bonds is 10. The Hall–Kier alpha value is -2.72. The Morgan fingerprint density at radius 1 is 0.767 bits per heavy atom. The maximum absolute atomic E-state index is 12.4. The number of ether oxygens (including phenoxy) is 4. The Morgan fingerprint density at radius 3 is 1.33 bits per heavy atom. The minimum atomic E-state index is -1.38. The summed E-state index contributed by atoms with van der Waals surface area (Å²) < 4.78 is 20.1. The SMILES string of the molecule is COC(=O)C(NC(=O)CCl)c1cc(OC)c(OC)cc1C(NC(=O)CCl)C(=O)OC. The molecule has 12 heteroatoms. The van der Waals surface area contributed by atoms with Crippen LogP contribution in [-0.4, -0.2) is 64.0 Å². The zero-order chi connectivity index (χ0) is 22.8. The first kappa shape index (κ1) is 25.3. The Balaban J connectivity index is 3.79. The number of alkyl halides is 2. The summed E-state index contributed by atoms with van der Waals surface area (Å²) in [6.07, 6.45) is 0. The fraction of sp³-hybridized carbons (Fsp3) is 0.444. The molecule has 0 aromatic heterocycles. The number of benzene rings is 1. The van der Waals surface area contributed by atoms with Gasteiger partial charge >= 0.3 is 11.9 Å². The van der Waals surface area contributed by atoms with E-state index in [1.54, 1.807) is 0 Å². The topological polar surface area (TPSA) is 129 Å². The molecule has 0 heterocycles. The lowest BCUT2D eigenvalue weighted by molar-refractivity contribution is -0.146. The van der Waals surface area contributed by atoms with Crippen LogP contribution in [0.5, 0.6) is 11.5 Å². The molecule has 0 spiro atoms. The predicted molar refractivity (Wildman–Crippen MR) is 107 cm³/mol. The maximum atomic E-state index is 12.4. The average Bonchev–Trinajstić information content (AvgIpc) is 2.78. The lowest BCUT2D eigenvalue weighted by Crippen LogP contribution is -2.39. The van der Waals surface area contributed by atoms with Crippen molar-refractivity contribution in [2.75, 3.05) is 40.2 Å². The van der Waals surface area contributed by atoms with Gasteiger partial charge in [-0.15, -0.1) is 23.2 Å². The van der Waals surface area contributed by atoms with Gasteiger partial charge in [0.25, 0.3) is 0 Å². The summed E-state index contributed by atoms with van der Waals surface area (Å²) in [5.41, 5.74) is 0.173. The van der Waals surface area contributed by atoms with Gasteiger partial charge < -0.3 is 29.6 Å². The molecule has 2 N–H and O–H groups in total. The van der Waals surface area contributed by atoms with E-state index in [2.05, 4.69) is 10.6 Å². The van der Waals surface area contributed by atoms with Gasteiger partial charge in [0.2, 0.25) is 11.8 Å². The lowest BCUT2D eigenvalue weighted by Gasteiger charge is -2.25. The number of nitrogens with one attached hydrogen (secondary N) is 2. The van der Waals surface area contributed by atoms with Crippen molar-refractivity contribution in [2.24, 2.45) is 0 Å². The van der Waals surface area contributed by atoms with Crippen molar-refractivity contribution in [1.29, 1.82) is 0 Å². The van der Waals surface area contributed by atoms with Crippen LogP contribution in [0, 0.1) is 0 Å². The van der Waals surface area contributed by atoms with Crippen LogP contribution in [0.4, 0.5) is 0 Å². The van der Waals surface area contributed by atoms with E-state index < -0.39 is 47.6 Å². The highest BCUT2D eigenvalue weighted by molar-refractivity contribution is 6.27. The number of carbonyl (C=O) groups is 4. The highest BCUT2D eigenvalue weighted by Gasteiger charge is 2.34. The van der Waals surface area contributed by atoms with Crippen LogP contribution < -0.4 is 20.1 Å². The molecule has 1 rings (SSSR count). The Kier molecular flexibility index (Phi) is 10.2. The number of halogens is 2. The number of carbonyl (C=O) groups excluding carboxylic acids is 4. The Bertz CT molecular complexity index is 738. The van der Waals surface area contributed by atoms with Crippen LogP contribution in [0.15, 0.2) is 12.1 Å². The summed E-state index contributed by atoms with van der Waals surface area (Å²) in [4.78, 5) is 48.7. The van der Waals surface area contributed by atoms with E-state index in [-0.39, 0.29) is 22.6 Å². The standard InChI is InChI=1S/C18H22Cl2N2O8/c1-27-11-5-9(15(17(25)29-3)21-13(23)7-19)10(6-12(11)28-2)16(18(26)30-4)22-14(24)8-20/h5-6,15-16H,7-8H2,1-4H3,(H,21,23)(H,22,24). The molecule has 166 valence electrons. The molecule has 0 aliphatic carbocycles. The van der Waals surface area contributed by atoms with Crippen molar-refractivity contribution in [3.05, 3.63) is 23.3 Å². The van der Waals surface area contributed by atoms with Gasteiger partial charge in [-0.1, -0.05) is 0 Å². The van der Waals surface area contributed by atoms with Crippen LogP contribution in [0.1, 0.15) is 23.2 Å². The average molecular weight is 465 g/mol. The van der Waals surface area contributed by atoms with E-state index in [4.69, 9.17) is 42.1 Å². The summed E-state index contributed by atoms with van der Waals surface area (Å²) in [5.74, 6) is -3.53. The molecule has 1 aromatic rings. The first-order chi connectivity index (χ1) is 14.3. The summed E-state index contributed by atoms with van der Waals surface area (Å²) in [5, 5.41) is 4.82. The van der Waals surface area contributed by atoms with Gasteiger partial charge in [-0.3, -0.25) is 9.59 Å². The first-order valence-electron chi connectivity index (χ1n) is 8.39. The second-order valence-corrected chi connectivity index (χ2v) is 6.19. The molecule has 0 radical (unpaired) electrons. The zero-order valence-corrected chi connectivity index (χ0v) is 18.3. The number of amides is 2. The van der Waals surface area contributed by atoms with Crippen LogP contribution in [0.2, 0.25) is 0 Å². The largest absolute Gasteiger partial charge is 0.493 e.